The van der Waals surface area contributed by atoms with Crippen molar-refractivity contribution < 1.29 is 19.4 Å². The Kier molecular flexibility index (Phi) is 4.66. The van der Waals surface area contributed by atoms with E-state index in [1.165, 1.54) is 7.11 Å². The van der Waals surface area contributed by atoms with E-state index in [-0.39, 0.29) is 11.9 Å². The maximum atomic E-state index is 13.1. The van der Waals surface area contributed by atoms with Crippen LogP contribution in [0.4, 0.5) is 5.95 Å². The van der Waals surface area contributed by atoms with E-state index in [1.807, 2.05) is 49.6 Å². The van der Waals surface area contributed by atoms with Crippen molar-refractivity contribution >= 4 is 23.0 Å². The van der Waals surface area contributed by atoms with Crippen LogP contribution in [0, 0.1) is 0 Å². The first-order chi connectivity index (χ1) is 13.9. The molecule has 7 nitrogen and oxygen atoms in total. The molecule has 1 aromatic heterocycles. The molecule has 2 heterocycles. The van der Waals surface area contributed by atoms with E-state index in [0.29, 0.717) is 23.0 Å². The Hall–Kier alpha value is -3.48. The van der Waals surface area contributed by atoms with Gasteiger partial charge in [-0.05, 0) is 50.6 Å². The lowest BCUT2D eigenvalue weighted by Gasteiger charge is -2.30. The first kappa shape index (κ1) is 18.9. The molecule has 0 spiro atoms. The Labute approximate surface area is 168 Å². The van der Waals surface area contributed by atoms with Gasteiger partial charge in [-0.15, -0.1) is 0 Å². The number of imidazole rings is 1. The molecule has 1 aliphatic rings. The molecule has 0 amide bonds. The third-order valence-electron chi connectivity index (χ3n) is 4.91. The zero-order valence-corrected chi connectivity index (χ0v) is 16.8. The number of phenolic OH excluding ortho intramolecular Hbond substituents is 1. The number of esters is 1. The monoisotopic (exact) mass is 393 g/mol. The minimum Gasteiger partial charge on any atom is -0.504 e. The number of methoxy groups -OCH3 is 1. The Morgan fingerprint density at radius 3 is 2.72 bits per heavy atom. The minimum atomic E-state index is -0.487. The van der Waals surface area contributed by atoms with Crippen LogP contribution in [-0.4, -0.2) is 33.8 Å². The van der Waals surface area contributed by atoms with Gasteiger partial charge in [-0.3, -0.25) is 4.57 Å². The summed E-state index contributed by atoms with van der Waals surface area (Å²) in [6.07, 6.45) is -0.251. The van der Waals surface area contributed by atoms with Crippen LogP contribution in [0.2, 0.25) is 0 Å². The smallest absolute Gasteiger partial charge is 0.338 e. The van der Waals surface area contributed by atoms with Gasteiger partial charge in [-0.25, -0.2) is 9.78 Å². The van der Waals surface area contributed by atoms with Crippen molar-refractivity contribution in [2.45, 2.75) is 32.9 Å². The predicted molar refractivity (Wildman–Crippen MR) is 110 cm³/mol. The van der Waals surface area contributed by atoms with Crippen LogP contribution in [0.1, 0.15) is 32.4 Å². The maximum absolute atomic E-state index is 13.1. The molecule has 7 heteroatoms. The van der Waals surface area contributed by atoms with Crippen molar-refractivity contribution in [1.82, 2.24) is 9.55 Å². The van der Waals surface area contributed by atoms with Gasteiger partial charge in [-0.2, -0.15) is 0 Å². The molecule has 1 aliphatic heterocycles. The Balaban J connectivity index is 1.97. The summed E-state index contributed by atoms with van der Waals surface area (Å²) in [6, 6.07) is 12.3. The summed E-state index contributed by atoms with van der Waals surface area (Å²) in [5, 5.41) is 13.3. The summed E-state index contributed by atoms with van der Waals surface area (Å²) in [5.74, 6) is 0.612. The number of hydrogen-bond donors (Lipinski definition) is 2. The first-order valence-corrected chi connectivity index (χ1v) is 9.43. The number of carbonyl (C=O) groups is 1. The Morgan fingerprint density at radius 2 is 2.00 bits per heavy atom. The highest BCUT2D eigenvalue weighted by Gasteiger charge is 2.35. The van der Waals surface area contributed by atoms with E-state index >= 15 is 0 Å². The summed E-state index contributed by atoms with van der Waals surface area (Å²) in [7, 11) is 1.49. The number of carbonyl (C=O) groups excluding carboxylic acids is 1. The molecule has 0 unspecified atom stereocenters. The van der Waals surface area contributed by atoms with E-state index in [0.717, 1.165) is 16.6 Å². The van der Waals surface area contributed by atoms with Crippen molar-refractivity contribution in [2.24, 2.45) is 0 Å². The highest BCUT2D eigenvalue weighted by molar-refractivity contribution is 5.94. The molecule has 2 N–H and O–H groups in total. The summed E-state index contributed by atoms with van der Waals surface area (Å²) in [4.78, 5) is 17.7. The second kappa shape index (κ2) is 7.16. The lowest BCUT2D eigenvalue weighted by molar-refractivity contribution is -0.143. The van der Waals surface area contributed by atoms with E-state index in [4.69, 9.17) is 9.47 Å². The fourth-order valence-corrected chi connectivity index (χ4v) is 3.69. The van der Waals surface area contributed by atoms with Crippen molar-refractivity contribution in [2.75, 3.05) is 12.4 Å². The molecule has 4 rings (SSSR count). The number of nitrogens with one attached hydrogen (secondary N) is 1. The summed E-state index contributed by atoms with van der Waals surface area (Å²) in [6.45, 7) is 5.48. The van der Waals surface area contributed by atoms with Gasteiger partial charge in [0.2, 0.25) is 5.95 Å². The largest absolute Gasteiger partial charge is 0.504 e. The van der Waals surface area contributed by atoms with Crippen LogP contribution in [0.3, 0.4) is 0 Å². The molecule has 1 atom stereocenters. The number of phenols is 1. The lowest BCUT2D eigenvalue weighted by atomic mass is 9.94. The normalized spacial score (nSPS) is 16.0. The predicted octanol–water partition coefficient (Wildman–Crippen LogP) is 3.99. The van der Waals surface area contributed by atoms with Crippen LogP contribution in [0.25, 0.3) is 11.0 Å². The number of rotatable bonds is 4. The third kappa shape index (κ3) is 3.18. The van der Waals surface area contributed by atoms with Crippen LogP contribution < -0.4 is 10.1 Å². The van der Waals surface area contributed by atoms with Crippen molar-refractivity contribution in [3.05, 3.63) is 59.3 Å². The standard InChI is InChI=1S/C22H23N3O4/c1-12(2)29-21(27)19-13(3)23-22-24-15-7-5-6-8-16(15)25(22)20(19)14-9-10-17(26)18(11-14)28-4/h5-12,20,26H,1-4H3,(H,23,24)/t20-/m1/s1. The van der Waals surface area contributed by atoms with Gasteiger partial charge in [-0.1, -0.05) is 18.2 Å². The van der Waals surface area contributed by atoms with E-state index < -0.39 is 12.0 Å². The molecule has 3 aromatic rings. The average Bonchev–Trinajstić information content (AvgIpc) is 3.04. The molecule has 29 heavy (non-hydrogen) atoms. The second-order valence-corrected chi connectivity index (χ2v) is 7.25. The molecule has 0 radical (unpaired) electrons. The molecular formula is C22H23N3O4. The van der Waals surface area contributed by atoms with Crippen LogP contribution in [0.5, 0.6) is 11.5 Å². The zero-order chi connectivity index (χ0) is 20.7. The minimum absolute atomic E-state index is 0.0351. The quantitative estimate of drug-likeness (QED) is 0.652. The molecule has 0 fully saturated rings. The fourth-order valence-electron chi connectivity index (χ4n) is 3.69. The lowest BCUT2D eigenvalue weighted by Crippen LogP contribution is -2.30. The van der Waals surface area contributed by atoms with Gasteiger partial charge in [0.15, 0.2) is 11.5 Å². The molecule has 0 saturated carbocycles. The Morgan fingerprint density at radius 1 is 1.24 bits per heavy atom. The van der Waals surface area contributed by atoms with Gasteiger partial charge in [0, 0.05) is 5.70 Å². The van der Waals surface area contributed by atoms with E-state index in [1.54, 1.807) is 18.2 Å². The summed E-state index contributed by atoms with van der Waals surface area (Å²) < 4.78 is 12.8. The zero-order valence-electron chi connectivity index (χ0n) is 16.8. The van der Waals surface area contributed by atoms with Crippen LogP contribution in [0.15, 0.2) is 53.7 Å². The SMILES string of the molecule is COc1cc([C@@H]2C(C(=O)OC(C)C)=C(C)Nc3nc4ccccc4n32)ccc1O. The summed E-state index contributed by atoms with van der Waals surface area (Å²) >= 11 is 0. The van der Waals surface area contributed by atoms with Gasteiger partial charge >= 0.3 is 5.97 Å². The second-order valence-electron chi connectivity index (χ2n) is 7.25. The van der Waals surface area contributed by atoms with Crippen molar-refractivity contribution in [3.63, 3.8) is 0 Å². The van der Waals surface area contributed by atoms with Gasteiger partial charge < -0.3 is 19.9 Å². The molecular weight excluding hydrogens is 370 g/mol. The first-order valence-electron chi connectivity index (χ1n) is 9.43. The number of anilines is 1. The van der Waals surface area contributed by atoms with Crippen LogP contribution >= 0.6 is 0 Å². The van der Waals surface area contributed by atoms with E-state index in [2.05, 4.69) is 10.3 Å². The number of hydrogen-bond acceptors (Lipinski definition) is 6. The molecule has 0 saturated heterocycles. The van der Waals surface area contributed by atoms with Gasteiger partial charge in [0.1, 0.15) is 0 Å². The number of allylic oxidation sites excluding steroid dienone is 1. The highest BCUT2D eigenvalue weighted by Crippen LogP contribution is 2.41. The number of fused-ring (bicyclic) bond motifs is 3. The number of ether oxygens (including phenoxy) is 2. The molecule has 150 valence electrons. The van der Waals surface area contributed by atoms with Crippen LogP contribution in [-0.2, 0) is 9.53 Å². The fraction of sp³-hybridized carbons (Fsp3) is 0.273. The number of aromatic hydroxyl groups is 1. The van der Waals surface area contributed by atoms with Crippen molar-refractivity contribution in [3.8, 4) is 11.5 Å². The Bertz CT molecular complexity index is 1130. The van der Waals surface area contributed by atoms with E-state index in [9.17, 15) is 9.90 Å². The maximum Gasteiger partial charge on any atom is 0.338 e. The number of benzene rings is 2. The number of para-hydroxylation sites is 2. The summed E-state index contributed by atoms with van der Waals surface area (Å²) in [5.41, 5.74) is 3.64. The number of nitrogens with zero attached hydrogens (tertiary/aromatic N) is 2. The molecule has 2 aromatic carbocycles. The highest BCUT2D eigenvalue weighted by atomic mass is 16.5. The molecule has 0 bridgehead atoms. The third-order valence-corrected chi connectivity index (χ3v) is 4.91. The van der Waals surface area contributed by atoms with Gasteiger partial charge in [0.25, 0.3) is 0 Å². The van der Waals surface area contributed by atoms with Gasteiger partial charge in [0.05, 0.1) is 35.9 Å². The number of aromatic nitrogens is 2. The topological polar surface area (TPSA) is 85.6 Å². The molecule has 0 aliphatic carbocycles. The van der Waals surface area contributed by atoms with Crippen molar-refractivity contribution in [1.29, 1.82) is 0 Å². The average molecular weight is 393 g/mol.